The van der Waals surface area contributed by atoms with Crippen LogP contribution >= 0.6 is 0 Å². The van der Waals surface area contributed by atoms with Gasteiger partial charge in [0.15, 0.2) is 11.6 Å². The van der Waals surface area contributed by atoms with E-state index in [9.17, 15) is 26.3 Å². The number of aryl methyl sites for hydroxylation is 1. The molecular formula is C21H12F6N2. The highest BCUT2D eigenvalue weighted by Crippen LogP contribution is 2.30. The van der Waals surface area contributed by atoms with Crippen molar-refractivity contribution in [1.29, 1.82) is 0 Å². The predicted octanol–water partition coefficient (Wildman–Crippen LogP) is 5.75. The number of aromatic nitrogens is 2. The highest BCUT2D eigenvalue weighted by Gasteiger charge is 2.24. The molecule has 0 aliphatic carbocycles. The molecule has 0 radical (unpaired) electrons. The van der Waals surface area contributed by atoms with Crippen molar-refractivity contribution >= 4 is 10.8 Å². The van der Waals surface area contributed by atoms with E-state index in [2.05, 4.69) is 16.5 Å². The first-order valence-corrected chi connectivity index (χ1v) is 8.33. The molecule has 3 aromatic rings. The third-order valence-corrected chi connectivity index (χ3v) is 4.01. The van der Waals surface area contributed by atoms with Gasteiger partial charge in [0.2, 0.25) is 0 Å². The topological polar surface area (TPSA) is 25.8 Å². The number of hydrogen-bond acceptors (Lipinski definition) is 2. The van der Waals surface area contributed by atoms with Gasteiger partial charge in [0.1, 0.15) is 11.6 Å². The molecule has 1 aromatic heterocycles. The van der Waals surface area contributed by atoms with Gasteiger partial charge in [0.05, 0.1) is 10.9 Å². The Kier molecular flexibility index (Phi) is 5.59. The summed E-state index contributed by atoms with van der Waals surface area (Å²) in [6, 6.07) is 2.91. The maximum absolute atomic E-state index is 14.5. The van der Waals surface area contributed by atoms with Gasteiger partial charge in [-0.05, 0) is 42.0 Å². The molecule has 3 rings (SSSR count). The van der Waals surface area contributed by atoms with E-state index >= 15 is 0 Å². The van der Waals surface area contributed by atoms with E-state index in [0.717, 1.165) is 30.0 Å². The van der Waals surface area contributed by atoms with Crippen LogP contribution in [0.5, 0.6) is 0 Å². The second-order valence-electron chi connectivity index (χ2n) is 6.09. The number of fused-ring (bicyclic) bond motifs is 1. The fourth-order valence-electron chi connectivity index (χ4n) is 2.69. The SMILES string of the molecule is C=CCCc1cnc(-c2cc(F)c3c(F)c(C#CC(F)(F)F)c(F)cc3c2)nc1. The van der Waals surface area contributed by atoms with Crippen LogP contribution in [0.2, 0.25) is 0 Å². The molecule has 0 amide bonds. The van der Waals surface area contributed by atoms with E-state index in [1.54, 1.807) is 18.5 Å². The van der Waals surface area contributed by atoms with Crippen molar-refractivity contribution < 1.29 is 26.3 Å². The van der Waals surface area contributed by atoms with Crippen molar-refractivity contribution in [2.24, 2.45) is 0 Å². The molecule has 148 valence electrons. The van der Waals surface area contributed by atoms with Gasteiger partial charge < -0.3 is 0 Å². The first-order valence-electron chi connectivity index (χ1n) is 8.33. The zero-order valence-electron chi connectivity index (χ0n) is 14.7. The molecule has 0 saturated carbocycles. The molecule has 0 aliphatic heterocycles. The van der Waals surface area contributed by atoms with Crippen LogP contribution in [0.25, 0.3) is 22.2 Å². The molecular weight excluding hydrogens is 394 g/mol. The molecule has 1 heterocycles. The third-order valence-electron chi connectivity index (χ3n) is 4.01. The average molecular weight is 406 g/mol. The van der Waals surface area contributed by atoms with Gasteiger partial charge >= 0.3 is 6.18 Å². The van der Waals surface area contributed by atoms with Crippen LogP contribution in [-0.4, -0.2) is 16.1 Å². The Morgan fingerprint density at radius 3 is 2.31 bits per heavy atom. The number of alkyl halides is 3. The summed E-state index contributed by atoms with van der Waals surface area (Å²) in [6.45, 7) is 3.62. The smallest absolute Gasteiger partial charge is 0.236 e. The number of rotatable bonds is 4. The van der Waals surface area contributed by atoms with Gasteiger partial charge in [0.25, 0.3) is 0 Å². The fraction of sp³-hybridized carbons (Fsp3) is 0.143. The summed E-state index contributed by atoms with van der Waals surface area (Å²) in [5.41, 5.74) is -0.151. The van der Waals surface area contributed by atoms with E-state index in [1.165, 1.54) is 12.0 Å². The van der Waals surface area contributed by atoms with Gasteiger partial charge in [0, 0.05) is 23.9 Å². The molecule has 2 aromatic carbocycles. The molecule has 0 saturated heterocycles. The summed E-state index contributed by atoms with van der Waals surface area (Å²) in [6.07, 6.45) is 1.30. The van der Waals surface area contributed by atoms with E-state index in [1.807, 2.05) is 0 Å². The number of benzene rings is 2. The average Bonchev–Trinajstić information content (AvgIpc) is 2.65. The van der Waals surface area contributed by atoms with Crippen molar-refractivity contribution in [2.75, 3.05) is 0 Å². The lowest BCUT2D eigenvalue weighted by atomic mass is 10.0. The summed E-state index contributed by atoms with van der Waals surface area (Å²) in [4.78, 5) is 8.24. The second kappa shape index (κ2) is 7.95. The van der Waals surface area contributed by atoms with Gasteiger partial charge in [-0.1, -0.05) is 12.0 Å². The number of allylic oxidation sites excluding steroid dienone is 1. The number of hydrogen-bond donors (Lipinski definition) is 0. The van der Waals surface area contributed by atoms with Crippen LogP contribution in [0.4, 0.5) is 26.3 Å². The van der Waals surface area contributed by atoms with E-state index in [4.69, 9.17) is 0 Å². The first kappa shape index (κ1) is 20.4. The van der Waals surface area contributed by atoms with E-state index in [0.29, 0.717) is 6.42 Å². The minimum atomic E-state index is -4.94. The lowest BCUT2D eigenvalue weighted by Crippen LogP contribution is -2.03. The zero-order valence-corrected chi connectivity index (χ0v) is 14.7. The monoisotopic (exact) mass is 406 g/mol. The minimum Gasteiger partial charge on any atom is -0.236 e. The lowest BCUT2D eigenvalue weighted by Gasteiger charge is -2.08. The summed E-state index contributed by atoms with van der Waals surface area (Å²) in [5.74, 6) is -1.62. The lowest BCUT2D eigenvalue weighted by molar-refractivity contribution is -0.0696. The molecule has 2 nitrogen and oxygen atoms in total. The summed E-state index contributed by atoms with van der Waals surface area (Å²) < 4.78 is 79.8. The standard InChI is InChI=1S/C21H12F6N2/c1-2-3-4-12-10-28-20(29-11-12)14-7-13-8-16(22)15(5-6-21(25,26)27)19(24)18(13)17(23)9-14/h2,7-11H,1,3-4H2. The quantitative estimate of drug-likeness (QED) is 0.313. The molecule has 0 N–H and O–H groups in total. The highest BCUT2D eigenvalue weighted by molar-refractivity contribution is 5.89. The molecule has 0 bridgehead atoms. The Morgan fingerprint density at radius 1 is 1.00 bits per heavy atom. The summed E-state index contributed by atoms with van der Waals surface area (Å²) in [5, 5.41) is -0.851. The van der Waals surface area contributed by atoms with Crippen LogP contribution in [0.1, 0.15) is 17.5 Å². The Balaban J connectivity index is 2.08. The normalized spacial score (nSPS) is 11.2. The largest absolute Gasteiger partial charge is 0.458 e. The highest BCUT2D eigenvalue weighted by atomic mass is 19.4. The van der Waals surface area contributed by atoms with Gasteiger partial charge in [-0.2, -0.15) is 13.2 Å². The van der Waals surface area contributed by atoms with Crippen molar-refractivity contribution in [1.82, 2.24) is 9.97 Å². The molecule has 0 unspecified atom stereocenters. The Labute approximate surface area is 161 Å². The maximum atomic E-state index is 14.5. The third kappa shape index (κ3) is 4.57. The second-order valence-corrected chi connectivity index (χ2v) is 6.09. The summed E-state index contributed by atoms with van der Waals surface area (Å²) in [7, 11) is 0. The predicted molar refractivity (Wildman–Crippen MR) is 96.3 cm³/mol. The number of halogens is 6. The van der Waals surface area contributed by atoms with Crippen molar-refractivity contribution in [3.8, 4) is 23.2 Å². The van der Waals surface area contributed by atoms with Gasteiger partial charge in [-0.3, -0.25) is 0 Å². The van der Waals surface area contributed by atoms with E-state index in [-0.39, 0.29) is 16.8 Å². The van der Waals surface area contributed by atoms with Crippen molar-refractivity contribution in [2.45, 2.75) is 19.0 Å². The minimum absolute atomic E-state index is 0.134. The Bertz CT molecular complexity index is 1140. The number of nitrogens with zero attached hydrogens (tertiary/aromatic N) is 2. The van der Waals surface area contributed by atoms with Crippen molar-refractivity contribution in [3.63, 3.8) is 0 Å². The summed E-state index contributed by atoms with van der Waals surface area (Å²) >= 11 is 0. The Hall–Kier alpha value is -3.34. The zero-order chi connectivity index (χ0) is 21.2. The molecule has 0 spiro atoms. The van der Waals surface area contributed by atoms with Crippen LogP contribution in [0.3, 0.4) is 0 Å². The fourth-order valence-corrected chi connectivity index (χ4v) is 2.69. The van der Waals surface area contributed by atoms with Crippen LogP contribution in [0.15, 0.2) is 43.2 Å². The van der Waals surface area contributed by atoms with Crippen LogP contribution < -0.4 is 0 Å². The van der Waals surface area contributed by atoms with Crippen LogP contribution in [-0.2, 0) is 6.42 Å². The first-order chi connectivity index (χ1) is 13.7. The molecule has 0 fully saturated rings. The van der Waals surface area contributed by atoms with Crippen molar-refractivity contribution in [3.05, 3.63) is 71.8 Å². The molecule has 8 heteroatoms. The maximum Gasteiger partial charge on any atom is 0.458 e. The molecule has 0 aliphatic rings. The van der Waals surface area contributed by atoms with Gasteiger partial charge in [-0.25, -0.2) is 23.1 Å². The molecule has 0 atom stereocenters. The van der Waals surface area contributed by atoms with E-state index < -0.39 is 34.6 Å². The van der Waals surface area contributed by atoms with Crippen LogP contribution in [0, 0.1) is 29.3 Å². The van der Waals surface area contributed by atoms with Gasteiger partial charge in [-0.15, -0.1) is 6.58 Å². The Morgan fingerprint density at radius 2 is 1.69 bits per heavy atom. The molecule has 29 heavy (non-hydrogen) atoms.